The molecule has 0 aromatic heterocycles. The molecule has 0 aliphatic rings. The van der Waals surface area contributed by atoms with Crippen LogP contribution in [0.2, 0.25) is 0 Å². The summed E-state index contributed by atoms with van der Waals surface area (Å²) in [6.45, 7) is 3.63. The lowest BCUT2D eigenvalue weighted by atomic mass is 10.0. The lowest BCUT2D eigenvalue weighted by Crippen LogP contribution is -2.32. The van der Waals surface area contributed by atoms with Crippen molar-refractivity contribution in [2.45, 2.75) is 39.2 Å². The maximum Gasteiger partial charge on any atom is 0.146 e. The van der Waals surface area contributed by atoms with E-state index in [1.807, 2.05) is 6.92 Å². The molecule has 14 heavy (non-hydrogen) atoms. The Labute approximate surface area is 85.7 Å². The molecule has 1 N–H and O–H groups in total. The second-order valence-electron chi connectivity index (χ2n) is 3.18. The van der Waals surface area contributed by atoms with Gasteiger partial charge in [0.15, 0.2) is 0 Å². The first-order chi connectivity index (χ1) is 6.65. The number of carbonyl (C=O) groups is 1. The molecular weight excluding hydrogens is 180 g/mol. The van der Waals surface area contributed by atoms with E-state index in [9.17, 15) is 4.79 Å². The van der Waals surface area contributed by atoms with E-state index in [1.54, 1.807) is 14.0 Å². The number of carbonyl (C=O) groups excluding carboxylic acids is 1. The molecule has 0 aliphatic carbocycles. The number of likely N-dealkylation sites (N-methyl/N-ethyl adjacent to an activating group) is 1. The van der Waals surface area contributed by atoms with E-state index in [-0.39, 0.29) is 11.8 Å². The quantitative estimate of drug-likeness (QED) is 0.498. The summed E-state index contributed by atoms with van der Waals surface area (Å²) in [4.78, 5) is 15.8. The first-order valence-corrected chi connectivity index (χ1v) is 4.92. The van der Waals surface area contributed by atoms with Crippen molar-refractivity contribution in [3.8, 4) is 0 Å². The van der Waals surface area contributed by atoms with Gasteiger partial charge in [0.05, 0.1) is 11.8 Å². The molecule has 0 amide bonds. The van der Waals surface area contributed by atoms with Crippen LogP contribution in [0.3, 0.4) is 0 Å². The lowest BCUT2D eigenvalue weighted by molar-refractivity contribution is -0.118. The van der Waals surface area contributed by atoms with Gasteiger partial charge in [-0.3, -0.25) is 4.79 Å². The Kier molecular flexibility index (Phi) is 7.02. The number of nitrogens with one attached hydrogen (secondary N) is 1. The van der Waals surface area contributed by atoms with Crippen molar-refractivity contribution in [1.82, 2.24) is 5.32 Å². The third kappa shape index (κ3) is 4.97. The number of hydrogen-bond acceptors (Lipinski definition) is 4. The van der Waals surface area contributed by atoms with E-state index in [4.69, 9.17) is 4.84 Å². The predicted molar refractivity (Wildman–Crippen MR) is 57.5 cm³/mol. The van der Waals surface area contributed by atoms with E-state index in [0.717, 1.165) is 25.0 Å². The van der Waals surface area contributed by atoms with Crippen molar-refractivity contribution in [1.29, 1.82) is 0 Å². The van der Waals surface area contributed by atoms with Crippen LogP contribution in [-0.2, 0) is 9.63 Å². The summed E-state index contributed by atoms with van der Waals surface area (Å²) in [6.07, 6.45) is 2.44. The third-order valence-corrected chi connectivity index (χ3v) is 2.19. The Morgan fingerprint density at radius 1 is 1.57 bits per heavy atom. The Bertz CT molecular complexity index is 202. The summed E-state index contributed by atoms with van der Waals surface area (Å²) in [7, 11) is 3.33. The fraction of sp³-hybridized carbons (Fsp3) is 0.800. The normalized spacial score (nSPS) is 13.9. The minimum absolute atomic E-state index is 0.0661. The summed E-state index contributed by atoms with van der Waals surface area (Å²) in [5.74, 6) is 0.167. The zero-order valence-corrected chi connectivity index (χ0v) is 9.46. The average molecular weight is 200 g/mol. The highest BCUT2D eigenvalue weighted by Gasteiger charge is 2.12. The van der Waals surface area contributed by atoms with Crippen LogP contribution in [0.25, 0.3) is 0 Å². The standard InChI is InChI=1S/C10H20N2O2/c1-5-9(12-14-4)6-7-10(11-3)8(2)13/h10-11H,5-7H2,1-4H3/t10-/m0/s1. The van der Waals surface area contributed by atoms with Gasteiger partial charge in [-0.1, -0.05) is 12.1 Å². The topological polar surface area (TPSA) is 50.7 Å². The van der Waals surface area contributed by atoms with Crippen LogP contribution in [0.1, 0.15) is 33.1 Å². The van der Waals surface area contributed by atoms with E-state index in [0.29, 0.717) is 0 Å². The summed E-state index contributed by atoms with van der Waals surface area (Å²) >= 11 is 0. The number of Topliss-reactive ketones (excluding diaryl/α,β-unsaturated/α-hetero) is 1. The highest BCUT2D eigenvalue weighted by molar-refractivity contribution is 5.85. The van der Waals surface area contributed by atoms with Crippen LogP contribution in [0.15, 0.2) is 5.16 Å². The maximum atomic E-state index is 11.1. The molecule has 0 aromatic carbocycles. The molecule has 0 aromatic rings. The molecule has 0 saturated heterocycles. The SMILES string of the molecule is CCC(CC[C@H](NC)C(C)=O)=NOC. The summed E-state index contributed by atoms with van der Waals surface area (Å²) < 4.78 is 0. The Morgan fingerprint density at radius 2 is 2.21 bits per heavy atom. The van der Waals surface area contributed by atoms with Gasteiger partial charge in [-0.2, -0.15) is 0 Å². The van der Waals surface area contributed by atoms with Gasteiger partial charge in [-0.15, -0.1) is 0 Å². The second kappa shape index (κ2) is 7.50. The highest BCUT2D eigenvalue weighted by Crippen LogP contribution is 2.03. The van der Waals surface area contributed by atoms with Crippen LogP contribution in [-0.4, -0.2) is 31.7 Å². The van der Waals surface area contributed by atoms with Crippen LogP contribution >= 0.6 is 0 Å². The molecule has 0 spiro atoms. The number of nitrogens with zero attached hydrogens (tertiary/aromatic N) is 1. The summed E-state index contributed by atoms with van der Waals surface area (Å²) in [5, 5.41) is 6.86. The monoisotopic (exact) mass is 200 g/mol. The number of rotatable bonds is 7. The Morgan fingerprint density at radius 3 is 2.57 bits per heavy atom. The van der Waals surface area contributed by atoms with Crippen LogP contribution in [0.5, 0.6) is 0 Å². The molecule has 0 bridgehead atoms. The Balaban J connectivity index is 4.00. The molecule has 4 heteroatoms. The van der Waals surface area contributed by atoms with Gasteiger partial charge in [0.1, 0.15) is 12.9 Å². The molecule has 0 radical (unpaired) electrons. The smallest absolute Gasteiger partial charge is 0.146 e. The van der Waals surface area contributed by atoms with Crippen molar-refractivity contribution in [3.63, 3.8) is 0 Å². The molecule has 0 heterocycles. The van der Waals surface area contributed by atoms with Gasteiger partial charge in [-0.25, -0.2) is 0 Å². The van der Waals surface area contributed by atoms with Gasteiger partial charge in [0.25, 0.3) is 0 Å². The molecule has 0 unspecified atom stereocenters. The molecule has 1 atom stereocenters. The third-order valence-electron chi connectivity index (χ3n) is 2.19. The van der Waals surface area contributed by atoms with E-state index in [2.05, 4.69) is 10.5 Å². The number of ketones is 1. The van der Waals surface area contributed by atoms with E-state index >= 15 is 0 Å². The first-order valence-electron chi connectivity index (χ1n) is 4.92. The van der Waals surface area contributed by atoms with E-state index < -0.39 is 0 Å². The molecule has 0 saturated carbocycles. The van der Waals surface area contributed by atoms with Crippen molar-refractivity contribution in [2.24, 2.45) is 5.16 Å². The van der Waals surface area contributed by atoms with Crippen LogP contribution in [0.4, 0.5) is 0 Å². The molecule has 82 valence electrons. The summed E-state index contributed by atoms with van der Waals surface area (Å²) in [5.41, 5.74) is 0.994. The minimum atomic E-state index is -0.0661. The zero-order valence-electron chi connectivity index (χ0n) is 9.46. The van der Waals surface area contributed by atoms with Crippen molar-refractivity contribution < 1.29 is 9.63 Å². The molecule has 4 nitrogen and oxygen atoms in total. The zero-order chi connectivity index (χ0) is 11.0. The van der Waals surface area contributed by atoms with Gasteiger partial charge >= 0.3 is 0 Å². The molecule has 0 aliphatic heterocycles. The van der Waals surface area contributed by atoms with Crippen molar-refractivity contribution >= 4 is 11.5 Å². The molecule has 0 fully saturated rings. The Hall–Kier alpha value is -0.900. The fourth-order valence-electron chi connectivity index (χ4n) is 1.28. The number of hydrogen-bond donors (Lipinski definition) is 1. The van der Waals surface area contributed by atoms with Gasteiger partial charge < -0.3 is 10.2 Å². The maximum absolute atomic E-state index is 11.1. The van der Waals surface area contributed by atoms with Gasteiger partial charge in [0.2, 0.25) is 0 Å². The predicted octanol–water partition coefficient (Wildman–Crippen LogP) is 1.36. The van der Waals surface area contributed by atoms with Gasteiger partial charge in [0, 0.05) is 0 Å². The van der Waals surface area contributed by atoms with Crippen molar-refractivity contribution in [3.05, 3.63) is 0 Å². The van der Waals surface area contributed by atoms with Gasteiger partial charge in [-0.05, 0) is 33.2 Å². The molecule has 0 rings (SSSR count). The van der Waals surface area contributed by atoms with Crippen LogP contribution < -0.4 is 5.32 Å². The summed E-state index contributed by atoms with van der Waals surface area (Å²) in [6, 6.07) is -0.0661. The highest BCUT2D eigenvalue weighted by atomic mass is 16.6. The minimum Gasteiger partial charge on any atom is -0.399 e. The second-order valence-corrected chi connectivity index (χ2v) is 3.18. The fourth-order valence-corrected chi connectivity index (χ4v) is 1.28. The lowest BCUT2D eigenvalue weighted by Gasteiger charge is -2.12. The average Bonchev–Trinajstić information content (AvgIpc) is 2.16. The number of oxime groups is 1. The van der Waals surface area contributed by atoms with Crippen LogP contribution in [0, 0.1) is 0 Å². The largest absolute Gasteiger partial charge is 0.399 e. The van der Waals surface area contributed by atoms with E-state index in [1.165, 1.54) is 7.11 Å². The van der Waals surface area contributed by atoms with Crippen molar-refractivity contribution in [2.75, 3.05) is 14.2 Å². The first kappa shape index (κ1) is 13.1. The molecular formula is C10H20N2O2.